The average Bonchev–Trinajstić information content (AvgIpc) is 3.18. The Bertz CT molecular complexity index is 2280. The quantitative estimate of drug-likeness (QED) is 0.0341. The summed E-state index contributed by atoms with van der Waals surface area (Å²) in [6, 6.07) is 17.5. The summed E-state index contributed by atoms with van der Waals surface area (Å²) in [4.78, 5) is 38.4. The molecule has 19 heteroatoms. The van der Waals surface area contributed by atoms with Gasteiger partial charge in [0.2, 0.25) is 11.6 Å². The van der Waals surface area contributed by atoms with Crippen molar-refractivity contribution in [3.05, 3.63) is 89.5 Å². The number of hydrogen-bond donors (Lipinski definition) is 6. The third-order valence-corrected chi connectivity index (χ3v) is 8.90. The normalized spacial score (nSPS) is 12.0. The molecule has 2 aromatic heterocycles. The van der Waals surface area contributed by atoms with E-state index in [0.717, 1.165) is 17.7 Å². The highest BCUT2D eigenvalue weighted by molar-refractivity contribution is 5.91. The van der Waals surface area contributed by atoms with Crippen LogP contribution in [0.3, 0.4) is 0 Å². The molecule has 0 unspecified atom stereocenters. The molecule has 0 saturated heterocycles. The highest BCUT2D eigenvalue weighted by atomic mass is 19.4. The zero-order valence-corrected chi connectivity index (χ0v) is 35.8. The third-order valence-electron chi connectivity index (χ3n) is 8.90. The van der Waals surface area contributed by atoms with Crippen molar-refractivity contribution in [1.29, 1.82) is 0 Å². The van der Waals surface area contributed by atoms with Gasteiger partial charge in [0.05, 0.1) is 17.6 Å². The number of hydrogen-bond acceptors (Lipinski definition) is 9. The lowest BCUT2D eigenvalue weighted by Crippen LogP contribution is -2.51. The predicted octanol–water partition coefficient (Wildman–Crippen LogP) is 10.3. The minimum Gasteiger partial charge on any atom is -0.493 e. The standard InChI is InChI=1S/C25H30F3N5O2.C18H24F3N5O/c1-3-4-5-9-18-12-13-21(17(2)16-18)35-15-8-14-29-24(34)33-32-22-19-10-6-7-11-20(19)30-23(31-22)25(26,27)28;1-16(2,3)10-17(4,5)24-15(27)26-25-13-11-8-6-7-9-12(11)22-14(23-13)18(19,20)21/h6-7,10-13,16H,3-5,8-9,14-15H2,1-2H3,(H2,29,33,34)(H,30,31,32);6-9H,10H2,1-5H3,(H,22,23,25)(H2,24,26,27). The minimum absolute atomic E-state index is 0.00528. The van der Waals surface area contributed by atoms with E-state index in [-0.39, 0.29) is 28.1 Å². The number of aromatic nitrogens is 4. The van der Waals surface area contributed by atoms with E-state index in [2.05, 4.69) is 92.1 Å². The van der Waals surface area contributed by atoms with Crippen LogP contribution in [0.2, 0.25) is 0 Å². The van der Waals surface area contributed by atoms with Gasteiger partial charge in [-0.2, -0.15) is 26.3 Å². The Kier molecular flexibility index (Phi) is 16.5. The SMILES string of the molecule is CC(C)(C)CC(C)(C)NC(=O)NNc1nc(C(F)(F)F)nc2ccccc12.CCCCCc1ccc(OCCCNC(=O)NNc2nc(C(F)(F)F)nc3ccccc23)c(C)c1. The van der Waals surface area contributed by atoms with E-state index in [4.69, 9.17) is 4.74 Å². The second-order valence-electron chi connectivity index (χ2n) is 16.4. The number of carbonyl (C=O) groups is 2. The molecular weight excluding hydrogens is 819 g/mol. The van der Waals surface area contributed by atoms with Gasteiger partial charge in [0.1, 0.15) is 5.75 Å². The Morgan fingerprint density at radius 2 is 1.21 bits per heavy atom. The second kappa shape index (κ2) is 21.1. The molecule has 0 radical (unpaired) electrons. The largest absolute Gasteiger partial charge is 0.493 e. The molecule has 2 heterocycles. The number of fused-ring (bicyclic) bond motifs is 2. The van der Waals surface area contributed by atoms with E-state index < -0.39 is 41.6 Å². The lowest BCUT2D eigenvalue weighted by atomic mass is 9.82. The summed E-state index contributed by atoms with van der Waals surface area (Å²) in [7, 11) is 0. The minimum atomic E-state index is -4.71. The van der Waals surface area contributed by atoms with E-state index in [9.17, 15) is 35.9 Å². The molecule has 6 N–H and O–H groups in total. The lowest BCUT2D eigenvalue weighted by Gasteiger charge is -2.33. The Morgan fingerprint density at radius 1 is 0.677 bits per heavy atom. The number of nitrogens with zero attached hydrogens (tertiary/aromatic N) is 4. The topological polar surface area (TPSA) is 167 Å². The smallest absolute Gasteiger partial charge is 0.451 e. The van der Waals surface area contributed by atoms with Gasteiger partial charge in [-0.15, -0.1) is 0 Å². The first-order valence-corrected chi connectivity index (χ1v) is 20.1. The number of carbonyl (C=O) groups excluding carboxylic acids is 2. The predicted molar refractivity (Wildman–Crippen MR) is 227 cm³/mol. The number of unbranched alkanes of at least 4 members (excludes halogenated alkanes) is 2. The Hall–Kier alpha value is -6.14. The van der Waals surface area contributed by atoms with Crippen molar-refractivity contribution in [3.63, 3.8) is 0 Å². The maximum absolute atomic E-state index is 13.1. The van der Waals surface area contributed by atoms with Gasteiger partial charge in [-0.1, -0.05) is 76.9 Å². The van der Waals surface area contributed by atoms with Crippen molar-refractivity contribution in [2.24, 2.45) is 5.41 Å². The fourth-order valence-electron chi connectivity index (χ4n) is 6.65. The van der Waals surface area contributed by atoms with E-state index in [1.54, 1.807) is 36.4 Å². The number of hydrazine groups is 2. The number of amides is 4. The number of halogens is 6. The molecule has 4 amide bonds. The first-order chi connectivity index (χ1) is 29.0. The third kappa shape index (κ3) is 15.4. The molecular formula is C43H54F6N10O3. The molecule has 0 aliphatic heterocycles. The molecule has 62 heavy (non-hydrogen) atoms. The number of ether oxygens (including phenoxy) is 1. The Labute approximate surface area is 356 Å². The van der Waals surface area contributed by atoms with E-state index in [0.29, 0.717) is 36.8 Å². The first-order valence-electron chi connectivity index (χ1n) is 20.1. The molecule has 0 spiro atoms. The summed E-state index contributed by atoms with van der Waals surface area (Å²) < 4.78 is 84.2. The van der Waals surface area contributed by atoms with E-state index in [1.807, 2.05) is 26.8 Å². The highest BCUT2D eigenvalue weighted by Gasteiger charge is 2.36. The van der Waals surface area contributed by atoms with Crippen LogP contribution in [-0.2, 0) is 18.8 Å². The van der Waals surface area contributed by atoms with Gasteiger partial charge in [-0.25, -0.2) is 29.5 Å². The number of urea groups is 2. The summed E-state index contributed by atoms with van der Waals surface area (Å²) in [5.41, 5.74) is 11.7. The molecule has 0 aliphatic rings. The Balaban J connectivity index is 0.000000282. The van der Waals surface area contributed by atoms with Gasteiger partial charge >= 0.3 is 24.4 Å². The van der Waals surface area contributed by atoms with Crippen LogP contribution in [0.15, 0.2) is 66.7 Å². The van der Waals surface area contributed by atoms with Crippen LogP contribution in [0, 0.1) is 12.3 Å². The summed E-state index contributed by atoms with van der Waals surface area (Å²) in [5, 5.41) is 6.13. The van der Waals surface area contributed by atoms with Crippen LogP contribution >= 0.6 is 0 Å². The summed E-state index contributed by atoms with van der Waals surface area (Å²) in [6.45, 7) is 14.8. The maximum Gasteiger partial charge on any atom is 0.451 e. The van der Waals surface area contributed by atoms with Gasteiger partial charge in [-0.3, -0.25) is 21.7 Å². The fourth-order valence-corrected chi connectivity index (χ4v) is 6.65. The maximum atomic E-state index is 13.1. The zero-order valence-electron chi connectivity index (χ0n) is 35.8. The summed E-state index contributed by atoms with van der Waals surface area (Å²) >= 11 is 0. The molecule has 0 atom stereocenters. The molecule has 5 rings (SSSR count). The van der Waals surface area contributed by atoms with Crippen molar-refractivity contribution in [1.82, 2.24) is 41.4 Å². The second-order valence-corrected chi connectivity index (χ2v) is 16.4. The number of anilines is 2. The van der Waals surface area contributed by atoms with Crippen molar-refractivity contribution in [2.45, 2.75) is 105 Å². The number of para-hydroxylation sites is 2. The highest BCUT2D eigenvalue weighted by Crippen LogP contribution is 2.32. The first kappa shape index (κ1) is 48.5. The van der Waals surface area contributed by atoms with Gasteiger partial charge in [0.25, 0.3) is 0 Å². The van der Waals surface area contributed by atoms with Gasteiger partial charge in [0, 0.05) is 22.9 Å². The van der Waals surface area contributed by atoms with Crippen LogP contribution < -0.4 is 37.1 Å². The van der Waals surface area contributed by atoms with E-state index in [1.165, 1.54) is 37.0 Å². The van der Waals surface area contributed by atoms with Gasteiger partial charge in [0.15, 0.2) is 11.6 Å². The van der Waals surface area contributed by atoms with Crippen molar-refractivity contribution < 1.29 is 40.7 Å². The molecule has 0 bridgehead atoms. The number of alkyl halides is 6. The number of rotatable bonds is 15. The lowest BCUT2D eigenvalue weighted by molar-refractivity contribution is -0.145. The zero-order chi connectivity index (χ0) is 45.7. The van der Waals surface area contributed by atoms with Crippen molar-refractivity contribution >= 4 is 45.5 Å². The molecule has 5 aromatic rings. The van der Waals surface area contributed by atoms with Crippen LogP contribution in [0.1, 0.15) is 96.4 Å². The average molecular weight is 873 g/mol. The van der Waals surface area contributed by atoms with E-state index >= 15 is 0 Å². The monoisotopic (exact) mass is 872 g/mol. The van der Waals surface area contributed by atoms with Crippen LogP contribution in [0.4, 0.5) is 47.6 Å². The molecule has 0 aliphatic carbocycles. The molecule has 336 valence electrons. The van der Waals surface area contributed by atoms with Gasteiger partial charge in [-0.05, 0) is 93.3 Å². The summed E-state index contributed by atoms with van der Waals surface area (Å²) in [6.07, 6.45) is -3.49. The molecule has 0 fully saturated rings. The molecule has 3 aromatic carbocycles. The number of nitrogens with one attached hydrogen (secondary N) is 6. The van der Waals surface area contributed by atoms with Crippen molar-refractivity contribution in [2.75, 3.05) is 24.0 Å². The Morgan fingerprint density at radius 3 is 1.71 bits per heavy atom. The van der Waals surface area contributed by atoms with Crippen LogP contribution in [0.25, 0.3) is 21.8 Å². The van der Waals surface area contributed by atoms with Gasteiger partial charge < -0.3 is 15.4 Å². The molecule has 13 nitrogen and oxygen atoms in total. The van der Waals surface area contributed by atoms with Crippen LogP contribution in [0.5, 0.6) is 5.75 Å². The number of benzene rings is 3. The molecule has 0 saturated carbocycles. The number of aryl methyl sites for hydroxylation is 2. The summed E-state index contributed by atoms with van der Waals surface area (Å²) in [5.74, 6) is -2.03. The van der Waals surface area contributed by atoms with Crippen LogP contribution in [-0.4, -0.2) is 50.7 Å². The fraction of sp³-hybridized carbons (Fsp3) is 0.442. The van der Waals surface area contributed by atoms with Crippen molar-refractivity contribution in [3.8, 4) is 5.75 Å².